The zero-order valence-corrected chi connectivity index (χ0v) is 10.2. The summed E-state index contributed by atoms with van der Waals surface area (Å²) in [5, 5.41) is 30.1. The van der Waals surface area contributed by atoms with Gasteiger partial charge in [0, 0.05) is 5.92 Å². The van der Waals surface area contributed by atoms with Crippen molar-refractivity contribution in [3.63, 3.8) is 0 Å². The van der Waals surface area contributed by atoms with Crippen LogP contribution in [0.2, 0.25) is 0 Å². The van der Waals surface area contributed by atoms with Crippen LogP contribution < -0.4 is 0 Å². The lowest BCUT2D eigenvalue weighted by molar-refractivity contribution is -0.138. The number of aromatic hydroxyl groups is 1. The highest BCUT2D eigenvalue weighted by Crippen LogP contribution is 2.47. The molecule has 0 radical (unpaired) electrons. The summed E-state index contributed by atoms with van der Waals surface area (Å²) in [6.07, 6.45) is 0.530. The molecule has 1 aliphatic carbocycles. The first-order chi connectivity index (χ1) is 9.08. The van der Waals surface area contributed by atoms with Crippen LogP contribution in [0.15, 0.2) is 18.2 Å². The fourth-order valence-electron chi connectivity index (χ4n) is 2.15. The summed E-state index contributed by atoms with van der Waals surface area (Å²) in [6, 6.07) is 5.10. The summed E-state index contributed by atoms with van der Waals surface area (Å²) in [5.41, 5.74) is 1.43. The predicted molar refractivity (Wildman–Crippen MR) is 64.0 cm³/mol. The summed E-state index contributed by atoms with van der Waals surface area (Å²) in [6.45, 7) is 1.89. The molecule has 7 heteroatoms. The number of hydrogen-bond donors (Lipinski definition) is 2. The predicted octanol–water partition coefficient (Wildman–Crippen LogP) is 0.864. The summed E-state index contributed by atoms with van der Waals surface area (Å²) < 4.78 is 1.41. The van der Waals surface area contributed by atoms with Gasteiger partial charge in [0.05, 0.1) is 5.92 Å². The van der Waals surface area contributed by atoms with Crippen LogP contribution in [-0.4, -0.2) is 36.4 Å². The topological polar surface area (TPSA) is 101 Å². The third-order valence-corrected chi connectivity index (χ3v) is 3.29. The van der Waals surface area contributed by atoms with Gasteiger partial charge in [-0.1, -0.05) is 6.07 Å². The molecule has 0 bridgehead atoms. The fourth-order valence-corrected chi connectivity index (χ4v) is 2.15. The molecule has 1 heterocycles. The lowest BCUT2D eigenvalue weighted by atomic mass is 10.2. The van der Waals surface area contributed by atoms with Gasteiger partial charge >= 0.3 is 5.97 Å². The smallest absolute Gasteiger partial charge is 0.307 e. The van der Waals surface area contributed by atoms with Gasteiger partial charge in [0.1, 0.15) is 11.4 Å². The highest BCUT2D eigenvalue weighted by Gasteiger charge is 2.47. The first-order valence-electron chi connectivity index (χ1n) is 5.89. The maximum Gasteiger partial charge on any atom is 0.307 e. The van der Waals surface area contributed by atoms with Crippen molar-refractivity contribution in [2.75, 3.05) is 0 Å². The molecule has 1 aromatic carbocycles. The van der Waals surface area contributed by atoms with Crippen molar-refractivity contribution < 1.29 is 15.0 Å². The third-order valence-electron chi connectivity index (χ3n) is 3.29. The van der Waals surface area contributed by atoms with Crippen LogP contribution in [-0.2, 0) is 4.79 Å². The van der Waals surface area contributed by atoms with E-state index in [-0.39, 0.29) is 11.7 Å². The second kappa shape index (κ2) is 4.04. The summed E-state index contributed by atoms with van der Waals surface area (Å²) in [7, 11) is 0. The number of tetrazole rings is 1. The van der Waals surface area contributed by atoms with E-state index in [9.17, 15) is 9.90 Å². The average Bonchev–Trinajstić information content (AvgIpc) is 3.03. The van der Waals surface area contributed by atoms with E-state index in [1.807, 2.05) is 6.92 Å². The number of carboxylic acid groups (broad SMARTS) is 1. The van der Waals surface area contributed by atoms with Gasteiger partial charge in [-0.15, -0.1) is 5.10 Å². The maximum absolute atomic E-state index is 10.9. The van der Waals surface area contributed by atoms with Gasteiger partial charge in [-0.2, -0.15) is 4.68 Å². The number of phenols is 1. The molecule has 2 aromatic rings. The molecule has 0 amide bonds. The molecule has 0 spiro atoms. The standard InChI is InChI=1S/C12H12N4O3/c1-6-2-3-10(17)9(4-6)16-11(13-14-15-16)7-5-8(7)12(18)19/h2-4,7-8,17H,5H2,1H3,(H,18,19). The zero-order valence-electron chi connectivity index (χ0n) is 10.2. The Morgan fingerprint density at radius 2 is 2.26 bits per heavy atom. The minimum atomic E-state index is -0.840. The Bertz CT molecular complexity index is 652. The van der Waals surface area contributed by atoms with E-state index >= 15 is 0 Å². The Balaban J connectivity index is 2.01. The van der Waals surface area contributed by atoms with Gasteiger partial charge in [-0.3, -0.25) is 4.79 Å². The maximum atomic E-state index is 10.9. The van der Waals surface area contributed by atoms with E-state index in [0.29, 0.717) is 17.9 Å². The second-order valence-electron chi connectivity index (χ2n) is 4.73. The van der Waals surface area contributed by atoms with Crippen LogP contribution in [0, 0.1) is 12.8 Å². The molecule has 2 N–H and O–H groups in total. The molecule has 1 aliphatic rings. The van der Waals surface area contributed by atoms with Crippen molar-refractivity contribution in [3.05, 3.63) is 29.6 Å². The van der Waals surface area contributed by atoms with E-state index in [2.05, 4.69) is 15.5 Å². The lowest BCUT2D eigenvalue weighted by Crippen LogP contribution is -2.06. The van der Waals surface area contributed by atoms with Crippen molar-refractivity contribution in [2.45, 2.75) is 19.3 Å². The number of nitrogens with zero attached hydrogens (tertiary/aromatic N) is 4. The Kier molecular flexibility index (Phi) is 2.48. The molecule has 3 rings (SSSR count). The van der Waals surface area contributed by atoms with Crippen LogP contribution >= 0.6 is 0 Å². The molecule has 2 unspecified atom stereocenters. The molecule has 1 fully saturated rings. The van der Waals surface area contributed by atoms with E-state index < -0.39 is 11.9 Å². The number of carboxylic acids is 1. The van der Waals surface area contributed by atoms with Crippen LogP contribution in [0.3, 0.4) is 0 Å². The minimum absolute atomic E-state index is 0.0617. The van der Waals surface area contributed by atoms with Crippen LogP contribution in [0.5, 0.6) is 5.75 Å². The second-order valence-corrected chi connectivity index (χ2v) is 4.73. The van der Waals surface area contributed by atoms with Crippen molar-refractivity contribution in [1.82, 2.24) is 20.2 Å². The van der Waals surface area contributed by atoms with Gasteiger partial charge in [0.2, 0.25) is 0 Å². The van der Waals surface area contributed by atoms with Crippen LogP contribution in [0.25, 0.3) is 5.69 Å². The lowest BCUT2D eigenvalue weighted by Gasteiger charge is -2.07. The zero-order chi connectivity index (χ0) is 13.6. The Morgan fingerprint density at radius 1 is 1.47 bits per heavy atom. The van der Waals surface area contributed by atoms with Crippen molar-refractivity contribution in [1.29, 1.82) is 0 Å². The molecule has 19 heavy (non-hydrogen) atoms. The number of benzene rings is 1. The van der Waals surface area contributed by atoms with Gasteiger partial charge in [0.15, 0.2) is 5.82 Å². The molecule has 7 nitrogen and oxygen atoms in total. The van der Waals surface area contributed by atoms with Crippen molar-refractivity contribution in [3.8, 4) is 11.4 Å². The van der Waals surface area contributed by atoms with E-state index in [1.54, 1.807) is 18.2 Å². The Morgan fingerprint density at radius 3 is 2.95 bits per heavy atom. The first kappa shape index (κ1) is 11.6. The monoisotopic (exact) mass is 260 g/mol. The number of aryl methyl sites for hydroxylation is 1. The number of carbonyl (C=O) groups is 1. The molecule has 98 valence electrons. The number of phenolic OH excluding ortho intramolecular Hbond substituents is 1. The van der Waals surface area contributed by atoms with Crippen molar-refractivity contribution in [2.24, 2.45) is 5.92 Å². The molecule has 0 saturated heterocycles. The molecule has 1 aromatic heterocycles. The summed E-state index contributed by atoms with van der Waals surface area (Å²) in [5.74, 6) is -0.919. The quantitative estimate of drug-likeness (QED) is 0.848. The van der Waals surface area contributed by atoms with Gasteiger partial charge < -0.3 is 10.2 Å². The molecular formula is C12H12N4O3. The Labute approximate surface area is 108 Å². The van der Waals surface area contributed by atoms with E-state index in [1.165, 1.54) is 4.68 Å². The van der Waals surface area contributed by atoms with Gasteiger partial charge in [-0.25, -0.2) is 0 Å². The highest BCUT2D eigenvalue weighted by molar-refractivity contribution is 5.74. The van der Waals surface area contributed by atoms with Crippen molar-refractivity contribution >= 4 is 5.97 Å². The third kappa shape index (κ3) is 1.92. The first-order valence-corrected chi connectivity index (χ1v) is 5.89. The highest BCUT2D eigenvalue weighted by atomic mass is 16.4. The molecule has 2 atom stereocenters. The number of rotatable bonds is 3. The van der Waals surface area contributed by atoms with Crippen LogP contribution in [0.1, 0.15) is 23.7 Å². The number of hydrogen-bond acceptors (Lipinski definition) is 5. The van der Waals surface area contributed by atoms with Crippen LogP contribution in [0.4, 0.5) is 0 Å². The molecule has 1 saturated carbocycles. The summed E-state index contributed by atoms with van der Waals surface area (Å²) >= 11 is 0. The molecule has 0 aliphatic heterocycles. The average molecular weight is 260 g/mol. The van der Waals surface area contributed by atoms with E-state index in [4.69, 9.17) is 5.11 Å². The molecular weight excluding hydrogens is 248 g/mol. The van der Waals surface area contributed by atoms with E-state index in [0.717, 1.165) is 5.56 Å². The Hall–Kier alpha value is -2.44. The van der Waals surface area contributed by atoms with Gasteiger partial charge in [0.25, 0.3) is 0 Å². The van der Waals surface area contributed by atoms with Gasteiger partial charge in [-0.05, 0) is 41.5 Å². The fraction of sp³-hybridized carbons (Fsp3) is 0.333. The summed E-state index contributed by atoms with van der Waals surface area (Å²) in [4.78, 5) is 10.9. The largest absolute Gasteiger partial charge is 0.506 e. The number of aliphatic carboxylic acids is 1. The normalized spacial score (nSPS) is 21.3. The SMILES string of the molecule is Cc1ccc(O)c(-n2nnnc2C2CC2C(=O)O)c1. The minimum Gasteiger partial charge on any atom is -0.506 e. The number of aromatic nitrogens is 4.